The van der Waals surface area contributed by atoms with Crippen LogP contribution in [0.15, 0.2) is 23.2 Å². The van der Waals surface area contributed by atoms with Crippen LogP contribution in [0.4, 0.5) is 5.69 Å². The zero-order valence-corrected chi connectivity index (χ0v) is 19.3. The summed E-state index contributed by atoms with van der Waals surface area (Å²) in [6, 6.07) is 6.57. The number of hydrogen-bond acceptors (Lipinski definition) is 4. The maximum Gasteiger partial charge on any atom is 0.194 e. The van der Waals surface area contributed by atoms with Crippen LogP contribution in [-0.2, 0) is 17.8 Å². The number of nitrogens with zero attached hydrogens (tertiary/aromatic N) is 5. The third-order valence-electron chi connectivity index (χ3n) is 6.17. The summed E-state index contributed by atoms with van der Waals surface area (Å²) in [6.07, 6.45) is 0. The van der Waals surface area contributed by atoms with Gasteiger partial charge in [0.15, 0.2) is 5.96 Å². The molecule has 1 fully saturated rings. The highest BCUT2D eigenvalue weighted by Crippen LogP contribution is 2.24. The summed E-state index contributed by atoms with van der Waals surface area (Å²) >= 11 is 0. The van der Waals surface area contributed by atoms with Crippen LogP contribution in [0.25, 0.3) is 0 Å². The van der Waals surface area contributed by atoms with Gasteiger partial charge in [0, 0.05) is 63.8 Å². The first kappa shape index (κ1) is 22.2. The second kappa shape index (κ2) is 9.98. The molecular weight excluding hydrogens is 376 g/mol. The van der Waals surface area contributed by atoms with E-state index in [1.54, 1.807) is 7.11 Å². The highest BCUT2D eigenvalue weighted by molar-refractivity contribution is 5.80. The van der Waals surface area contributed by atoms with E-state index in [9.17, 15) is 0 Å². The predicted octanol–water partition coefficient (Wildman–Crippen LogP) is 2.66. The number of ether oxygens (including phenoxy) is 1. The summed E-state index contributed by atoms with van der Waals surface area (Å²) < 4.78 is 7.22. The Kier molecular flexibility index (Phi) is 7.37. The van der Waals surface area contributed by atoms with E-state index in [0.717, 1.165) is 50.9 Å². The molecule has 2 heterocycles. The van der Waals surface area contributed by atoms with Gasteiger partial charge < -0.3 is 19.9 Å². The molecule has 3 rings (SSSR count). The Morgan fingerprint density at radius 2 is 1.87 bits per heavy atom. The number of aromatic nitrogens is 2. The molecule has 30 heavy (non-hydrogen) atoms. The lowest BCUT2D eigenvalue weighted by atomic mass is 10.1. The van der Waals surface area contributed by atoms with Gasteiger partial charge in [-0.1, -0.05) is 12.1 Å². The summed E-state index contributed by atoms with van der Waals surface area (Å²) in [7, 11) is 3.58. The van der Waals surface area contributed by atoms with Crippen molar-refractivity contribution in [2.75, 3.05) is 51.8 Å². The highest BCUT2D eigenvalue weighted by Gasteiger charge is 2.21. The van der Waals surface area contributed by atoms with Gasteiger partial charge in [-0.15, -0.1) is 0 Å². The molecular formula is C23H36N6O. The monoisotopic (exact) mass is 412 g/mol. The Labute approximate surface area is 180 Å². The number of hydrogen-bond donors (Lipinski definition) is 1. The first-order chi connectivity index (χ1) is 14.5. The van der Waals surface area contributed by atoms with Crippen molar-refractivity contribution in [1.82, 2.24) is 20.0 Å². The number of guanidine groups is 1. The lowest BCUT2D eigenvalue weighted by Gasteiger charge is -2.38. The third kappa shape index (κ3) is 4.78. The number of aliphatic imine (C=N–C) groups is 1. The van der Waals surface area contributed by atoms with E-state index in [-0.39, 0.29) is 0 Å². The standard InChI is InChI=1S/C23H36N6O/c1-17-8-7-9-22(18(17)2)27-10-12-28(13-11-27)23(24-5)25-16-21-19(3)26-29(20(21)4)14-15-30-6/h7-9H,10-16H2,1-6H3,(H,24,25). The second-order valence-electron chi connectivity index (χ2n) is 7.96. The number of aryl methyl sites for hydroxylation is 2. The van der Waals surface area contributed by atoms with Crippen LogP contribution in [-0.4, -0.2) is 67.6 Å². The number of anilines is 1. The van der Waals surface area contributed by atoms with Gasteiger partial charge in [-0.05, 0) is 44.9 Å². The lowest BCUT2D eigenvalue weighted by molar-refractivity contribution is 0.182. The normalized spacial score (nSPS) is 15.1. The van der Waals surface area contributed by atoms with Crippen LogP contribution in [0.5, 0.6) is 0 Å². The summed E-state index contributed by atoms with van der Waals surface area (Å²) in [5.41, 5.74) is 7.57. The van der Waals surface area contributed by atoms with E-state index in [1.807, 2.05) is 11.7 Å². The van der Waals surface area contributed by atoms with E-state index in [1.165, 1.54) is 28.1 Å². The van der Waals surface area contributed by atoms with Crippen LogP contribution in [0.2, 0.25) is 0 Å². The van der Waals surface area contributed by atoms with Gasteiger partial charge in [0.05, 0.1) is 18.8 Å². The smallest absolute Gasteiger partial charge is 0.194 e. The topological polar surface area (TPSA) is 57.9 Å². The van der Waals surface area contributed by atoms with Crippen molar-refractivity contribution in [2.24, 2.45) is 4.99 Å². The number of rotatable bonds is 6. The van der Waals surface area contributed by atoms with E-state index in [2.05, 4.69) is 71.1 Å². The van der Waals surface area contributed by atoms with Crippen LogP contribution >= 0.6 is 0 Å². The molecule has 0 aliphatic carbocycles. The zero-order valence-electron chi connectivity index (χ0n) is 19.3. The van der Waals surface area contributed by atoms with Gasteiger partial charge in [-0.25, -0.2) is 0 Å². The average Bonchev–Trinajstić information content (AvgIpc) is 3.02. The summed E-state index contributed by atoms with van der Waals surface area (Å²) in [4.78, 5) is 9.37. The second-order valence-corrected chi connectivity index (χ2v) is 7.96. The van der Waals surface area contributed by atoms with Crippen molar-refractivity contribution >= 4 is 11.6 Å². The maximum atomic E-state index is 5.19. The first-order valence-electron chi connectivity index (χ1n) is 10.7. The lowest BCUT2D eigenvalue weighted by Crippen LogP contribution is -2.52. The molecule has 0 atom stereocenters. The molecule has 1 saturated heterocycles. The van der Waals surface area contributed by atoms with Gasteiger partial charge >= 0.3 is 0 Å². The Morgan fingerprint density at radius 1 is 1.13 bits per heavy atom. The first-order valence-corrected chi connectivity index (χ1v) is 10.7. The van der Waals surface area contributed by atoms with Gasteiger partial charge in [0.1, 0.15) is 0 Å². The summed E-state index contributed by atoms with van der Waals surface area (Å²) in [5.74, 6) is 0.957. The molecule has 1 aliphatic rings. The molecule has 0 saturated carbocycles. The summed E-state index contributed by atoms with van der Waals surface area (Å²) in [6.45, 7) is 14.7. The Bertz CT molecular complexity index is 880. The van der Waals surface area contributed by atoms with Crippen LogP contribution in [0.1, 0.15) is 28.1 Å². The van der Waals surface area contributed by atoms with E-state index in [0.29, 0.717) is 6.61 Å². The summed E-state index contributed by atoms with van der Waals surface area (Å²) in [5, 5.41) is 8.21. The molecule has 0 amide bonds. The van der Waals surface area contributed by atoms with E-state index >= 15 is 0 Å². The number of methoxy groups -OCH3 is 1. The van der Waals surface area contributed by atoms with Crippen molar-refractivity contribution in [1.29, 1.82) is 0 Å². The third-order valence-corrected chi connectivity index (χ3v) is 6.17. The molecule has 7 nitrogen and oxygen atoms in total. The fraction of sp³-hybridized carbons (Fsp3) is 0.565. The minimum Gasteiger partial charge on any atom is -0.383 e. The SMILES string of the molecule is CN=C(NCc1c(C)nn(CCOC)c1C)N1CCN(c2cccc(C)c2C)CC1. The molecule has 2 aromatic rings. The van der Waals surface area contributed by atoms with Crippen molar-refractivity contribution < 1.29 is 4.74 Å². The molecule has 1 aliphatic heterocycles. The minimum absolute atomic E-state index is 0.668. The van der Waals surface area contributed by atoms with Gasteiger partial charge in [0.25, 0.3) is 0 Å². The van der Waals surface area contributed by atoms with Gasteiger partial charge in [0.2, 0.25) is 0 Å². The molecule has 1 aromatic carbocycles. The predicted molar refractivity (Wildman–Crippen MR) is 123 cm³/mol. The van der Waals surface area contributed by atoms with Crippen molar-refractivity contribution in [2.45, 2.75) is 40.8 Å². The van der Waals surface area contributed by atoms with E-state index in [4.69, 9.17) is 4.74 Å². The zero-order chi connectivity index (χ0) is 21.7. The molecule has 164 valence electrons. The van der Waals surface area contributed by atoms with Crippen molar-refractivity contribution in [3.63, 3.8) is 0 Å². The molecule has 1 N–H and O–H groups in total. The van der Waals surface area contributed by atoms with E-state index < -0.39 is 0 Å². The van der Waals surface area contributed by atoms with Crippen molar-refractivity contribution in [3.8, 4) is 0 Å². The van der Waals surface area contributed by atoms with Crippen molar-refractivity contribution in [3.05, 3.63) is 46.3 Å². The van der Waals surface area contributed by atoms with Gasteiger partial charge in [-0.3, -0.25) is 9.67 Å². The maximum absolute atomic E-state index is 5.19. The number of piperazine rings is 1. The number of benzene rings is 1. The minimum atomic E-state index is 0.668. The van der Waals surface area contributed by atoms with Crippen LogP contribution in [0, 0.1) is 27.7 Å². The highest BCUT2D eigenvalue weighted by atomic mass is 16.5. The molecule has 0 unspecified atom stereocenters. The molecule has 0 bridgehead atoms. The Balaban J connectivity index is 1.59. The average molecular weight is 413 g/mol. The van der Waals surface area contributed by atoms with Gasteiger partial charge in [-0.2, -0.15) is 5.10 Å². The molecule has 7 heteroatoms. The number of nitrogens with one attached hydrogen (secondary N) is 1. The Morgan fingerprint density at radius 3 is 2.53 bits per heavy atom. The molecule has 0 radical (unpaired) electrons. The molecule has 1 aromatic heterocycles. The Hall–Kier alpha value is -2.54. The quantitative estimate of drug-likeness (QED) is 0.584. The van der Waals surface area contributed by atoms with Crippen LogP contribution in [0.3, 0.4) is 0 Å². The largest absolute Gasteiger partial charge is 0.383 e. The fourth-order valence-electron chi connectivity index (χ4n) is 4.12. The van der Waals surface area contributed by atoms with Crippen LogP contribution < -0.4 is 10.2 Å². The fourth-order valence-corrected chi connectivity index (χ4v) is 4.12. The molecule has 0 spiro atoms.